The zero-order valence-corrected chi connectivity index (χ0v) is 23.6. The van der Waals surface area contributed by atoms with Crippen LogP contribution in [0.3, 0.4) is 0 Å². The molecule has 0 aliphatic rings. The first kappa shape index (κ1) is 31.1. The molecule has 1 aromatic carbocycles. The average molecular weight is 582 g/mol. The van der Waals surface area contributed by atoms with Crippen LogP contribution in [-0.2, 0) is 22.3 Å². The highest BCUT2D eigenvalue weighted by Gasteiger charge is 2.54. The summed E-state index contributed by atoms with van der Waals surface area (Å²) in [4.78, 5) is 34.6. The number of benzene rings is 1. The number of alkyl halides is 3. The van der Waals surface area contributed by atoms with E-state index in [-0.39, 0.29) is 18.3 Å². The fraction of sp³-hybridized carbons (Fsp3) is 0.481. The molecule has 0 spiro atoms. The maximum atomic E-state index is 13.3. The average Bonchev–Trinajstić information content (AvgIpc) is 3.58. The summed E-state index contributed by atoms with van der Waals surface area (Å²) >= 11 is 1.18. The van der Waals surface area contributed by atoms with Crippen LogP contribution in [0.5, 0.6) is 0 Å². The molecule has 9 nitrogen and oxygen atoms in total. The topological polar surface area (TPSA) is 118 Å². The van der Waals surface area contributed by atoms with Gasteiger partial charge in [-0.15, -0.1) is 11.3 Å². The monoisotopic (exact) mass is 581 g/mol. The number of ether oxygens (including phenoxy) is 1. The third-order valence-electron chi connectivity index (χ3n) is 6.80. The number of aromatic nitrogens is 3. The van der Waals surface area contributed by atoms with Gasteiger partial charge in [0.1, 0.15) is 5.54 Å². The minimum absolute atomic E-state index is 0.0959. The third-order valence-corrected chi connectivity index (χ3v) is 7.48. The Morgan fingerprint density at radius 1 is 1.12 bits per heavy atom. The Hall–Kier alpha value is -3.45. The highest BCUT2D eigenvalue weighted by atomic mass is 32.1. The van der Waals surface area contributed by atoms with E-state index in [2.05, 4.69) is 20.6 Å². The number of aliphatic hydroxyl groups excluding tert-OH is 1. The van der Waals surface area contributed by atoms with Crippen LogP contribution in [0.4, 0.5) is 23.1 Å². The van der Waals surface area contributed by atoms with Crippen LogP contribution in [0.25, 0.3) is 11.3 Å². The first-order valence-electron chi connectivity index (χ1n) is 12.9. The fourth-order valence-corrected chi connectivity index (χ4v) is 5.14. The maximum Gasteiger partial charge on any atom is 0.416 e. The summed E-state index contributed by atoms with van der Waals surface area (Å²) < 4.78 is 45.9. The lowest BCUT2D eigenvalue weighted by Gasteiger charge is -2.49. The smallest absolute Gasteiger partial charge is 0.416 e. The van der Waals surface area contributed by atoms with Crippen LogP contribution in [0.2, 0.25) is 0 Å². The molecule has 3 aromatic rings. The predicted molar refractivity (Wildman–Crippen MR) is 146 cm³/mol. The summed E-state index contributed by atoms with van der Waals surface area (Å²) in [5.74, 6) is -0.766. The van der Waals surface area contributed by atoms with Crippen LogP contribution in [0.15, 0.2) is 48.4 Å². The molecule has 0 bridgehead atoms. The Balaban J connectivity index is 2.02. The van der Waals surface area contributed by atoms with Crippen LogP contribution >= 0.6 is 11.3 Å². The Labute approximate surface area is 234 Å². The molecule has 0 unspecified atom stereocenters. The second-order valence-corrected chi connectivity index (χ2v) is 11.0. The molecule has 0 saturated heterocycles. The number of carbonyl (C=O) groups excluding carboxylic acids is 2. The molecule has 0 aliphatic heterocycles. The molecule has 2 aromatic heterocycles. The van der Waals surface area contributed by atoms with Gasteiger partial charge in [0.25, 0.3) is 5.91 Å². The van der Waals surface area contributed by atoms with Crippen molar-refractivity contribution in [2.45, 2.75) is 71.3 Å². The third kappa shape index (κ3) is 7.19. The van der Waals surface area contributed by atoms with Crippen molar-refractivity contribution >= 4 is 28.5 Å². The lowest BCUT2D eigenvalue weighted by Crippen LogP contribution is -2.69. The molecular formula is C27H34F3N5O4S. The van der Waals surface area contributed by atoms with Crippen molar-refractivity contribution in [3.8, 4) is 11.3 Å². The summed E-state index contributed by atoms with van der Waals surface area (Å²) in [5, 5.41) is 19.0. The molecule has 2 amide bonds. The number of hydrogen-bond acceptors (Lipinski definition) is 7. The molecule has 13 heteroatoms. The largest absolute Gasteiger partial charge is 0.450 e. The minimum atomic E-state index is -4.46. The molecule has 0 saturated carbocycles. The number of anilines is 1. The maximum absolute atomic E-state index is 13.3. The summed E-state index contributed by atoms with van der Waals surface area (Å²) in [5.41, 5.74) is -2.40. The van der Waals surface area contributed by atoms with E-state index in [9.17, 15) is 27.9 Å². The lowest BCUT2D eigenvalue weighted by atomic mass is 9.65. The van der Waals surface area contributed by atoms with E-state index in [0.717, 1.165) is 12.1 Å². The first-order valence-corrected chi connectivity index (χ1v) is 13.7. The van der Waals surface area contributed by atoms with Crippen molar-refractivity contribution < 1.29 is 32.6 Å². The summed E-state index contributed by atoms with van der Waals surface area (Å²) in [7, 11) is 0. The normalized spacial score (nSPS) is 14.3. The molecular weight excluding hydrogens is 547 g/mol. The number of imidazole rings is 1. The Bertz CT molecular complexity index is 1260. The highest BCUT2D eigenvalue weighted by Crippen LogP contribution is 2.41. The van der Waals surface area contributed by atoms with Crippen molar-refractivity contribution in [2.24, 2.45) is 5.41 Å². The number of nitrogens with one attached hydrogen (secondary N) is 2. The quantitative estimate of drug-likeness (QED) is 0.252. The van der Waals surface area contributed by atoms with Gasteiger partial charge < -0.3 is 19.7 Å². The predicted octanol–water partition coefficient (Wildman–Crippen LogP) is 5.73. The Morgan fingerprint density at radius 2 is 1.82 bits per heavy atom. The van der Waals surface area contributed by atoms with E-state index in [1.54, 1.807) is 16.1 Å². The number of carbonyl (C=O) groups is 2. The SMILES string of the molecule is CCCOC(=O)N[C@@](Cn1cnc(-c2ccc(C(F)(F)F)cc2)c1)([C@H](O)C(=O)Nc1nccs1)C(C)(C)CCC. The van der Waals surface area contributed by atoms with Gasteiger partial charge >= 0.3 is 12.3 Å². The van der Waals surface area contributed by atoms with Crippen molar-refractivity contribution in [1.29, 1.82) is 0 Å². The van der Waals surface area contributed by atoms with Gasteiger partial charge in [0, 0.05) is 23.3 Å². The Morgan fingerprint density at radius 3 is 2.40 bits per heavy atom. The van der Waals surface area contributed by atoms with Crippen LogP contribution in [0.1, 0.15) is 52.5 Å². The van der Waals surface area contributed by atoms with Crippen molar-refractivity contribution in [3.05, 3.63) is 53.9 Å². The number of alkyl carbamates (subject to hydrolysis) is 1. The van der Waals surface area contributed by atoms with E-state index in [4.69, 9.17) is 4.74 Å². The van der Waals surface area contributed by atoms with E-state index in [1.165, 1.54) is 36.0 Å². The number of amides is 2. The molecule has 3 rings (SSSR count). The number of hydrogen-bond donors (Lipinski definition) is 3. The van der Waals surface area contributed by atoms with Gasteiger partial charge in [-0.05, 0) is 30.4 Å². The van der Waals surface area contributed by atoms with Gasteiger partial charge in [0.05, 0.1) is 30.7 Å². The summed E-state index contributed by atoms with van der Waals surface area (Å²) in [6.07, 6.45) is -0.697. The Kier molecular flexibility index (Phi) is 9.96. The molecule has 3 N–H and O–H groups in total. The van der Waals surface area contributed by atoms with Gasteiger partial charge in [-0.1, -0.05) is 46.2 Å². The molecule has 0 fully saturated rings. The van der Waals surface area contributed by atoms with Gasteiger partial charge in [0.2, 0.25) is 0 Å². The van der Waals surface area contributed by atoms with Crippen LogP contribution in [-0.4, -0.2) is 49.9 Å². The second-order valence-electron chi connectivity index (χ2n) is 10.1. The number of aliphatic hydroxyl groups is 1. The van der Waals surface area contributed by atoms with Gasteiger partial charge in [0.15, 0.2) is 11.2 Å². The van der Waals surface area contributed by atoms with E-state index < -0.39 is 40.8 Å². The lowest BCUT2D eigenvalue weighted by molar-refractivity contribution is -0.137. The second kappa shape index (κ2) is 12.8. The molecule has 0 aliphatic carbocycles. The first-order chi connectivity index (χ1) is 18.8. The number of thiazole rings is 1. The van der Waals surface area contributed by atoms with Crippen molar-refractivity contribution in [3.63, 3.8) is 0 Å². The van der Waals surface area contributed by atoms with Crippen molar-refractivity contribution in [2.75, 3.05) is 11.9 Å². The van der Waals surface area contributed by atoms with Gasteiger partial charge in [-0.25, -0.2) is 14.8 Å². The van der Waals surface area contributed by atoms with Crippen LogP contribution < -0.4 is 10.6 Å². The zero-order chi connectivity index (χ0) is 29.6. The number of rotatable bonds is 12. The summed E-state index contributed by atoms with van der Waals surface area (Å²) in [6, 6.07) is 4.59. The fourth-order valence-electron chi connectivity index (χ4n) is 4.61. The zero-order valence-electron chi connectivity index (χ0n) is 22.8. The summed E-state index contributed by atoms with van der Waals surface area (Å²) in [6.45, 7) is 7.51. The van der Waals surface area contributed by atoms with E-state index in [1.807, 2.05) is 27.7 Å². The molecule has 2 heterocycles. The molecule has 218 valence electrons. The molecule has 0 radical (unpaired) electrons. The van der Waals surface area contributed by atoms with E-state index >= 15 is 0 Å². The van der Waals surface area contributed by atoms with Gasteiger partial charge in [-0.2, -0.15) is 13.2 Å². The number of halogens is 3. The van der Waals surface area contributed by atoms with Crippen molar-refractivity contribution in [1.82, 2.24) is 19.9 Å². The molecule has 40 heavy (non-hydrogen) atoms. The van der Waals surface area contributed by atoms with Gasteiger partial charge in [-0.3, -0.25) is 10.1 Å². The standard InChI is InChI=1S/C27H34F3N5O4S/c1-5-11-25(3,4)26(34-24(38)39-13-6-2,21(36)22(37)33-23-31-12-14-40-23)16-35-15-20(32-17-35)18-7-9-19(10-8-18)27(28,29)30/h7-10,12,14-15,17,21,36H,5-6,11,13,16H2,1-4H3,(H,34,38)(H,31,33,37)/t21-,26+/m1/s1. The van der Waals surface area contributed by atoms with Crippen LogP contribution in [0, 0.1) is 5.41 Å². The number of nitrogens with zero attached hydrogens (tertiary/aromatic N) is 3. The highest BCUT2D eigenvalue weighted by molar-refractivity contribution is 7.13. The minimum Gasteiger partial charge on any atom is -0.450 e. The molecule has 2 atom stereocenters. The van der Waals surface area contributed by atoms with E-state index in [0.29, 0.717) is 30.5 Å².